The molecule has 0 aliphatic rings. The van der Waals surface area contributed by atoms with Crippen molar-refractivity contribution in [1.29, 1.82) is 0 Å². The number of aryl methyl sites for hydroxylation is 1. The van der Waals surface area contributed by atoms with Gasteiger partial charge in [0.1, 0.15) is 11.6 Å². The zero-order chi connectivity index (χ0) is 13.8. The quantitative estimate of drug-likeness (QED) is 0.851. The first kappa shape index (κ1) is 13.6. The molecule has 2 heteroatoms. The fourth-order valence-corrected chi connectivity index (χ4v) is 2.28. The minimum Gasteiger partial charge on any atom is -0.508 e. The lowest BCUT2D eigenvalue weighted by Gasteiger charge is -2.13. The lowest BCUT2D eigenvalue weighted by Crippen LogP contribution is -2.00. The van der Waals surface area contributed by atoms with E-state index in [0.29, 0.717) is 23.5 Å². The summed E-state index contributed by atoms with van der Waals surface area (Å²) in [7, 11) is 0. The van der Waals surface area contributed by atoms with Crippen LogP contribution in [0.3, 0.4) is 0 Å². The molecule has 1 nitrogen and oxygen atoms in total. The molecule has 0 saturated heterocycles. The summed E-state index contributed by atoms with van der Waals surface area (Å²) in [5.41, 5.74) is 2.26. The minimum absolute atomic E-state index is 0.0587. The number of halogens is 1. The van der Waals surface area contributed by atoms with E-state index >= 15 is 0 Å². The number of rotatable bonds is 4. The molecule has 0 saturated carbocycles. The summed E-state index contributed by atoms with van der Waals surface area (Å²) < 4.78 is 14.0. The maximum Gasteiger partial charge on any atom is 0.132 e. The third kappa shape index (κ3) is 3.14. The molecule has 2 aromatic carbocycles. The van der Waals surface area contributed by atoms with E-state index in [1.165, 1.54) is 5.56 Å². The molecule has 1 atom stereocenters. The summed E-state index contributed by atoms with van der Waals surface area (Å²) in [6.07, 6.45) is 1.37. The third-order valence-electron chi connectivity index (χ3n) is 3.61. The molecule has 0 spiro atoms. The van der Waals surface area contributed by atoms with Gasteiger partial charge in [-0.3, -0.25) is 0 Å². The van der Waals surface area contributed by atoms with Gasteiger partial charge in [-0.25, -0.2) is 4.39 Å². The Balaban J connectivity index is 2.09. The smallest absolute Gasteiger partial charge is 0.132 e. The predicted molar refractivity (Wildman–Crippen MR) is 76.0 cm³/mol. The first-order chi connectivity index (χ1) is 9.09. The van der Waals surface area contributed by atoms with Gasteiger partial charge in [0, 0.05) is 5.56 Å². The van der Waals surface area contributed by atoms with Crippen LogP contribution in [0, 0.1) is 12.7 Å². The van der Waals surface area contributed by atoms with Crippen molar-refractivity contribution >= 4 is 0 Å². The fourth-order valence-electron chi connectivity index (χ4n) is 2.28. The second-order valence-electron chi connectivity index (χ2n) is 5.04. The number of benzene rings is 2. The van der Waals surface area contributed by atoms with E-state index in [9.17, 15) is 9.50 Å². The molecule has 19 heavy (non-hydrogen) atoms. The van der Waals surface area contributed by atoms with Crippen LogP contribution in [0.4, 0.5) is 4.39 Å². The lowest BCUT2D eigenvalue weighted by atomic mass is 9.93. The monoisotopic (exact) mass is 258 g/mol. The second kappa shape index (κ2) is 5.87. The largest absolute Gasteiger partial charge is 0.508 e. The molecule has 100 valence electrons. The highest BCUT2D eigenvalue weighted by Crippen LogP contribution is 2.27. The molecular formula is C17H19FO. The van der Waals surface area contributed by atoms with Crippen molar-refractivity contribution in [2.24, 2.45) is 0 Å². The molecule has 1 unspecified atom stereocenters. The Morgan fingerprint density at radius 2 is 1.79 bits per heavy atom. The molecule has 0 aromatic heterocycles. The Hall–Kier alpha value is -1.83. The second-order valence-corrected chi connectivity index (χ2v) is 5.04. The maximum atomic E-state index is 14.0. The van der Waals surface area contributed by atoms with E-state index in [0.717, 1.165) is 6.42 Å². The van der Waals surface area contributed by atoms with Gasteiger partial charge in [0.2, 0.25) is 0 Å². The lowest BCUT2D eigenvalue weighted by molar-refractivity contribution is 0.454. The summed E-state index contributed by atoms with van der Waals surface area (Å²) >= 11 is 0. The van der Waals surface area contributed by atoms with Crippen LogP contribution in [0.15, 0.2) is 42.5 Å². The van der Waals surface area contributed by atoms with Gasteiger partial charge in [-0.2, -0.15) is 0 Å². The SMILES string of the molecule is Cc1ccc(O)c(CCC(C)c2ccccc2)c1F. The van der Waals surface area contributed by atoms with Gasteiger partial charge >= 0.3 is 0 Å². The molecular weight excluding hydrogens is 239 g/mol. The summed E-state index contributed by atoms with van der Waals surface area (Å²) in [6.45, 7) is 3.85. The van der Waals surface area contributed by atoms with Crippen molar-refractivity contribution < 1.29 is 9.50 Å². The topological polar surface area (TPSA) is 20.2 Å². The number of phenols is 1. The molecule has 2 rings (SSSR count). The normalized spacial score (nSPS) is 12.4. The van der Waals surface area contributed by atoms with Gasteiger partial charge in [0.05, 0.1) is 0 Å². The van der Waals surface area contributed by atoms with Crippen molar-refractivity contribution in [3.8, 4) is 5.75 Å². The summed E-state index contributed by atoms with van der Waals surface area (Å²) in [5.74, 6) is 0.129. The van der Waals surface area contributed by atoms with Crippen LogP contribution < -0.4 is 0 Å². The average molecular weight is 258 g/mol. The van der Waals surface area contributed by atoms with Gasteiger partial charge in [-0.1, -0.05) is 43.3 Å². The van der Waals surface area contributed by atoms with Crippen molar-refractivity contribution in [3.05, 3.63) is 65.0 Å². The highest BCUT2D eigenvalue weighted by atomic mass is 19.1. The molecule has 0 aliphatic carbocycles. The van der Waals surface area contributed by atoms with E-state index < -0.39 is 0 Å². The van der Waals surface area contributed by atoms with Gasteiger partial charge in [-0.15, -0.1) is 0 Å². The number of aromatic hydroxyl groups is 1. The number of phenolic OH excluding ortho intramolecular Hbond substituents is 1. The Morgan fingerprint density at radius 1 is 1.11 bits per heavy atom. The molecule has 0 radical (unpaired) electrons. The maximum absolute atomic E-state index is 14.0. The van der Waals surface area contributed by atoms with Crippen molar-refractivity contribution in [2.45, 2.75) is 32.6 Å². The van der Waals surface area contributed by atoms with E-state index in [4.69, 9.17) is 0 Å². The Bertz CT molecular complexity index is 549. The van der Waals surface area contributed by atoms with Crippen LogP contribution >= 0.6 is 0 Å². The molecule has 0 bridgehead atoms. The van der Waals surface area contributed by atoms with Crippen LogP contribution in [0.2, 0.25) is 0 Å². The molecule has 0 fully saturated rings. The van der Waals surface area contributed by atoms with Crippen LogP contribution in [-0.4, -0.2) is 5.11 Å². The zero-order valence-electron chi connectivity index (χ0n) is 11.4. The van der Waals surface area contributed by atoms with Gasteiger partial charge in [0.25, 0.3) is 0 Å². The first-order valence-electron chi connectivity index (χ1n) is 6.61. The Labute approximate surface area is 113 Å². The average Bonchev–Trinajstić information content (AvgIpc) is 2.44. The van der Waals surface area contributed by atoms with Crippen molar-refractivity contribution in [3.63, 3.8) is 0 Å². The Kier molecular flexibility index (Phi) is 4.20. The van der Waals surface area contributed by atoms with Gasteiger partial charge < -0.3 is 5.11 Å². The van der Waals surface area contributed by atoms with Crippen LogP contribution in [0.5, 0.6) is 5.75 Å². The number of hydrogen-bond donors (Lipinski definition) is 1. The third-order valence-corrected chi connectivity index (χ3v) is 3.61. The highest BCUT2D eigenvalue weighted by molar-refractivity contribution is 5.37. The van der Waals surface area contributed by atoms with E-state index in [2.05, 4.69) is 19.1 Å². The molecule has 0 heterocycles. The standard InChI is InChI=1S/C17H19FO/c1-12(14-6-4-3-5-7-14)8-10-15-16(19)11-9-13(2)17(15)18/h3-7,9,11-12,19H,8,10H2,1-2H3. The predicted octanol–water partition coefficient (Wildman–Crippen LogP) is 4.58. The summed E-state index contributed by atoms with van der Waals surface area (Å²) in [4.78, 5) is 0. The fraction of sp³-hybridized carbons (Fsp3) is 0.294. The van der Waals surface area contributed by atoms with E-state index in [1.807, 2.05) is 18.2 Å². The van der Waals surface area contributed by atoms with Gasteiger partial charge in [-0.05, 0) is 42.9 Å². The van der Waals surface area contributed by atoms with Crippen LogP contribution in [0.25, 0.3) is 0 Å². The molecule has 0 aliphatic heterocycles. The molecule has 0 amide bonds. The zero-order valence-corrected chi connectivity index (χ0v) is 11.4. The summed E-state index contributed by atoms with van der Waals surface area (Å²) in [6, 6.07) is 13.3. The van der Waals surface area contributed by atoms with Crippen LogP contribution in [-0.2, 0) is 6.42 Å². The Morgan fingerprint density at radius 3 is 2.47 bits per heavy atom. The molecule has 1 N–H and O–H groups in total. The van der Waals surface area contributed by atoms with Crippen LogP contribution in [0.1, 0.15) is 36.0 Å². The van der Waals surface area contributed by atoms with E-state index in [-0.39, 0.29) is 11.6 Å². The van der Waals surface area contributed by atoms with Crippen molar-refractivity contribution in [1.82, 2.24) is 0 Å². The van der Waals surface area contributed by atoms with Gasteiger partial charge in [0.15, 0.2) is 0 Å². The summed E-state index contributed by atoms with van der Waals surface area (Å²) in [5, 5.41) is 9.76. The first-order valence-corrected chi connectivity index (χ1v) is 6.61. The number of hydrogen-bond acceptors (Lipinski definition) is 1. The van der Waals surface area contributed by atoms with Crippen molar-refractivity contribution in [2.75, 3.05) is 0 Å². The highest BCUT2D eigenvalue weighted by Gasteiger charge is 2.13. The minimum atomic E-state index is -0.278. The van der Waals surface area contributed by atoms with E-state index in [1.54, 1.807) is 19.1 Å². The molecule has 2 aromatic rings.